The molecule has 0 saturated heterocycles. The minimum atomic E-state index is -0.307. The molecule has 0 unspecified atom stereocenters. The number of nitrogens with zero attached hydrogens (tertiary/aromatic N) is 1. The number of carbonyl (C=O) groups is 2. The van der Waals surface area contributed by atoms with Gasteiger partial charge in [0.25, 0.3) is 5.91 Å². The first kappa shape index (κ1) is 14.9. The molecule has 1 amide bonds. The van der Waals surface area contributed by atoms with E-state index in [0.29, 0.717) is 11.3 Å². The fraction of sp³-hybridized carbons (Fsp3) is 0.235. The van der Waals surface area contributed by atoms with Crippen LogP contribution >= 0.6 is 0 Å². The largest absolute Gasteiger partial charge is 0.320 e. The van der Waals surface area contributed by atoms with Crippen LogP contribution in [0.3, 0.4) is 0 Å². The highest BCUT2D eigenvalue weighted by Gasteiger charge is 2.23. The highest BCUT2D eigenvalue weighted by Crippen LogP contribution is 2.11. The molecule has 0 aliphatic heterocycles. The fourth-order valence-electron chi connectivity index (χ4n) is 2.14. The van der Waals surface area contributed by atoms with Crippen molar-refractivity contribution in [1.29, 1.82) is 0 Å². The van der Waals surface area contributed by atoms with Gasteiger partial charge >= 0.3 is 0 Å². The summed E-state index contributed by atoms with van der Waals surface area (Å²) in [6.07, 6.45) is 1.89. The van der Waals surface area contributed by atoms with Crippen LogP contribution in [0.1, 0.15) is 35.9 Å². The summed E-state index contributed by atoms with van der Waals surface area (Å²) >= 11 is 0. The number of hydrogen-bond acceptors (Lipinski definition) is 2. The first-order valence-electron chi connectivity index (χ1n) is 6.87. The van der Waals surface area contributed by atoms with Crippen molar-refractivity contribution in [3.63, 3.8) is 0 Å². The number of anilines is 1. The van der Waals surface area contributed by atoms with Gasteiger partial charge in [0, 0.05) is 37.2 Å². The van der Waals surface area contributed by atoms with Crippen LogP contribution in [-0.2, 0) is 4.79 Å². The van der Waals surface area contributed by atoms with Gasteiger partial charge in [-0.05, 0) is 31.2 Å². The Labute approximate surface area is 124 Å². The van der Waals surface area contributed by atoms with Crippen LogP contribution in [-0.4, -0.2) is 11.7 Å². The molecule has 0 bridgehead atoms. The molecule has 2 aromatic rings. The zero-order valence-electron chi connectivity index (χ0n) is 12.5. The number of ketones is 1. The molecule has 4 heteroatoms. The number of rotatable bonds is 4. The molecule has 0 spiro atoms. The number of aryl methyl sites for hydroxylation is 1. The molecule has 0 radical (unpaired) electrons. The smallest absolute Gasteiger partial charge is 0.293 e. The van der Waals surface area contributed by atoms with Gasteiger partial charge in [0.15, 0.2) is 17.7 Å². The number of amides is 1. The summed E-state index contributed by atoms with van der Waals surface area (Å²) in [5.74, 6) is -0.0819. The summed E-state index contributed by atoms with van der Waals surface area (Å²) < 4.78 is 1.92. The number of hydrogen-bond donors (Lipinski definition) is 1. The van der Waals surface area contributed by atoms with Crippen LogP contribution in [0.5, 0.6) is 0 Å². The van der Waals surface area contributed by atoms with Crippen molar-refractivity contribution < 1.29 is 14.2 Å². The third-order valence-corrected chi connectivity index (χ3v) is 3.46. The van der Waals surface area contributed by atoms with Crippen LogP contribution < -0.4 is 9.88 Å². The normalized spacial score (nSPS) is 11.8. The Hall–Kier alpha value is -2.49. The van der Waals surface area contributed by atoms with Crippen LogP contribution in [0.15, 0.2) is 48.7 Å². The molecule has 1 aromatic carbocycles. The van der Waals surface area contributed by atoms with Gasteiger partial charge in [0.05, 0.1) is 0 Å². The predicted octanol–water partition coefficient (Wildman–Crippen LogP) is 2.68. The Bertz CT molecular complexity index is 663. The number of aromatic nitrogens is 1. The average Bonchev–Trinajstić information content (AvgIpc) is 2.47. The standard InChI is InChI=1S/C17H18N2O2/c1-12-6-4-5-11-19(12)13(2)17(21)18-16-9-7-15(8-10-16)14(3)20/h4-11,13H,1-3H3/p+1/t13-/m0/s1. The molecule has 0 saturated carbocycles. The SMILES string of the molecule is CC(=O)c1ccc(NC(=O)[C@H](C)[n+]2ccccc2C)cc1. The van der Waals surface area contributed by atoms with Gasteiger partial charge in [-0.1, -0.05) is 6.07 Å². The lowest BCUT2D eigenvalue weighted by Gasteiger charge is -2.10. The zero-order valence-corrected chi connectivity index (χ0v) is 12.5. The van der Waals surface area contributed by atoms with Crippen LogP contribution in [0.25, 0.3) is 0 Å². The fourth-order valence-corrected chi connectivity index (χ4v) is 2.14. The highest BCUT2D eigenvalue weighted by atomic mass is 16.2. The van der Waals surface area contributed by atoms with E-state index >= 15 is 0 Å². The summed E-state index contributed by atoms with van der Waals surface area (Å²) in [4.78, 5) is 23.5. The zero-order chi connectivity index (χ0) is 15.4. The Morgan fingerprint density at radius 3 is 2.33 bits per heavy atom. The molecule has 0 fully saturated rings. The minimum absolute atomic E-state index is 0.0108. The number of benzene rings is 1. The molecule has 0 aliphatic carbocycles. The lowest BCUT2D eigenvalue weighted by molar-refractivity contribution is -0.711. The number of Topliss-reactive ketones (excluding diaryl/α,β-unsaturated/α-hetero) is 1. The Morgan fingerprint density at radius 2 is 1.76 bits per heavy atom. The molecule has 1 heterocycles. The summed E-state index contributed by atoms with van der Waals surface area (Å²) in [6, 6.07) is 12.4. The molecule has 21 heavy (non-hydrogen) atoms. The number of carbonyl (C=O) groups excluding carboxylic acids is 2. The molecule has 4 nitrogen and oxygen atoms in total. The van der Waals surface area contributed by atoms with E-state index in [1.54, 1.807) is 24.3 Å². The molecule has 2 rings (SSSR count). The van der Waals surface area contributed by atoms with Crippen LogP contribution in [0.4, 0.5) is 5.69 Å². The van der Waals surface area contributed by atoms with Crippen molar-refractivity contribution >= 4 is 17.4 Å². The lowest BCUT2D eigenvalue weighted by atomic mass is 10.1. The molecule has 1 aromatic heterocycles. The monoisotopic (exact) mass is 283 g/mol. The Morgan fingerprint density at radius 1 is 1.10 bits per heavy atom. The van der Waals surface area contributed by atoms with Crippen molar-refractivity contribution in [1.82, 2.24) is 0 Å². The maximum atomic E-state index is 12.3. The predicted molar refractivity (Wildman–Crippen MR) is 81.2 cm³/mol. The lowest BCUT2D eigenvalue weighted by Crippen LogP contribution is -2.46. The number of pyridine rings is 1. The van der Waals surface area contributed by atoms with E-state index in [0.717, 1.165) is 5.69 Å². The van der Waals surface area contributed by atoms with Crippen molar-refractivity contribution in [3.05, 3.63) is 59.9 Å². The van der Waals surface area contributed by atoms with Gasteiger partial charge in [-0.25, -0.2) is 0 Å². The van der Waals surface area contributed by atoms with E-state index in [9.17, 15) is 9.59 Å². The van der Waals surface area contributed by atoms with Gasteiger partial charge in [-0.2, -0.15) is 4.57 Å². The maximum Gasteiger partial charge on any atom is 0.293 e. The summed E-state index contributed by atoms with van der Waals surface area (Å²) in [7, 11) is 0. The second-order valence-corrected chi connectivity index (χ2v) is 5.05. The molecular formula is C17H19N2O2+. The summed E-state index contributed by atoms with van der Waals surface area (Å²) in [5.41, 5.74) is 2.34. The van der Waals surface area contributed by atoms with E-state index in [2.05, 4.69) is 5.32 Å². The highest BCUT2D eigenvalue weighted by molar-refractivity contribution is 5.96. The summed E-state index contributed by atoms with van der Waals surface area (Å²) in [6.45, 7) is 5.34. The Balaban J connectivity index is 2.11. The Kier molecular flexibility index (Phi) is 4.48. The van der Waals surface area contributed by atoms with Crippen LogP contribution in [0.2, 0.25) is 0 Å². The van der Waals surface area contributed by atoms with Crippen LogP contribution in [0, 0.1) is 6.92 Å². The van der Waals surface area contributed by atoms with Gasteiger partial charge in [-0.3, -0.25) is 9.59 Å². The third-order valence-electron chi connectivity index (χ3n) is 3.46. The molecule has 1 atom stereocenters. The first-order chi connectivity index (χ1) is 9.99. The van der Waals surface area contributed by atoms with E-state index in [1.165, 1.54) is 6.92 Å². The molecule has 0 aliphatic rings. The topological polar surface area (TPSA) is 50.1 Å². The second-order valence-electron chi connectivity index (χ2n) is 5.05. The van der Waals surface area contributed by atoms with Gasteiger partial charge < -0.3 is 5.32 Å². The number of nitrogens with one attached hydrogen (secondary N) is 1. The van der Waals surface area contributed by atoms with E-state index in [4.69, 9.17) is 0 Å². The van der Waals surface area contributed by atoms with Gasteiger partial charge in [0.1, 0.15) is 0 Å². The van der Waals surface area contributed by atoms with Gasteiger partial charge in [-0.15, -0.1) is 0 Å². The van der Waals surface area contributed by atoms with Crippen molar-refractivity contribution in [2.75, 3.05) is 5.32 Å². The van der Waals surface area contributed by atoms with Crippen molar-refractivity contribution in [2.24, 2.45) is 0 Å². The quantitative estimate of drug-likeness (QED) is 0.693. The average molecular weight is 283 g/mol. The molecule has 1 N–H and O–H groups in total. The van der Waals surface area contributed by atoms with Gasteiger partial charge in [0.2, 0.25) is 6.04 Å². The van der Waals surface area contributed by atoms with E-state index in [-0.39, 0.29) is 17.7 Å². The first-order valence-corrected chi connectivity index (χ1v) is 6.87. The molecular weight excluding hydrogens is 264 g/mol. The van der Waals surface area contributed by atoms with E-state index in [1.807, 2.05) is 42.8 Å². The maximum absolute atomic E-state index is 12.3. The third kappa shape index (κ3) is 3.54. The summed E-state index contributed by atoms with van der Waals surface area (Å²) in [5, 5.41) is 2.86. The second kappa shape index (κ2) is 6.31. The van der Waals surface area contributed by atoms with E-state index < -0.39 is 0 Å². The van der Waals surface area contributed by atoms with Crippen molar-refractivity contribution in [3.8, 4) is 0 Å². The van der Waals surface area contributed by atoms with Crippen molar-refractivity contribution in [2.45, 2.75) is 26.8 Å². The molecule has 108 valence electrons. The minimum Gasteiger partial charge on any atom is -0.320 e.